The Labute approximate surface area is 251 Å². The number of allylic oxidation sites excluding steroid dienone is 1. The molecular weight excluding hydrogens is 544 g/mol. The van der Waals surface area contributed by atoms with Gasteiger partial charge in [0.05, 0.1) is 13.2 Å². The lowest BCUT2D eigenvalue weighted by Gasteiger charge is -2.28. The summed E-state index contributed by atoms with van der Waals surface area (Å²) in [5, 5.41) is 36.3. The monoisotopic (exact) mass is 600 g/mol. The van der Waals surface area contributed by atoms with Crippen LogP contribution in [0.25, 0.3) is 0 Å². The molecule has 1 saturated heterocycles. The summed E-state index contributed by atoms with van der Waals surface area (Å²) in [6.07, 6.45) is 7.42. The van der Waals surface area contributed by atoms with Crippen molar-refractivity contribution in [3.8, 4) is 0 Å². The summed E-state index contributed by atoms with van der Waals surface area (Å²) < 4.78 is 15.6. The number of nitrogens with one attached hydrogen (secondary N) is 2. The molecule has 11 heteroatoms. The highest BCUT2D eigenvalue weighted by molar-refractivity contribution is 5.89. The maximum atomic E-state index is 12.8. The van der Waals surface area contributed by atoms with Crippen LogP contribution in [0, 0.1) is 5.41 Å². The second kappa shape index (κ2) is 20.7. The van der Waals surface area contributed by atoms with Gasteiger partial charge in [-0.1, -0.05) is 97.6 Å². The van der Waals surface area contributed by atoms with Gasteiger partial charge >= 0.3 is 6.16 Å². The normalized spacial score (nSPS) is 20.7. The van der Waals surface area contributed by atoms with Gasteiger partial charge in [-0.15, -0.1) is 0 Å². The van der Waals surface area contributed by atoms with E-state index in [4.69, 9.17) is 14.2 Å². The summed E-state index contributed by atoms with van der Waals surface area (Å²) in [5.74, 6) is -1.31. The van der Waals surface area contributed by atoms with Crippen LogP contribution in [0.3, 0.4) is 0 Å². The van der Waals surface area contributed by atoms with E-state index in [9.17, 15) is 29.7 Å². The van der Waals surface area contributed by atoms with Gasteiger partial charge in [0.1, 0.15) is 30.5 Å². The zero-order valence-corrected chi connectivity index (χ0v) is 26.3. The average Bonchev–Trinajstić information content (AvgIpc) is 3.10. The van der Waals surface area contributed by atoms with Crippen molar-refractivity contribution in [1.82, 2.24) is 10.6 Å². The molecule has 0 bridgehead atoms. The molecule has 6 atom stereocenters. The molecule has 1 heterocycles. The number of aliphatic hydroxyl groups excluding tert-OH is 3. The number of aliphatic hydroxyl groups is 3. The number of carbonyl (C=O) groups excluding carboxylic acids is 3. The summed E-state index contributed by atoms with van der Waals surface area (Å²) in [6.45, 7) is 8.27. The molecule has 0 aromatic heterocycles. The summed E-state index contributed by atoms with van der Waals surface area (Å²) in [7, 11) is 1.18. The molecule has 1 aliphatic heterocycles. The second-order valence-corrected chi connectivity index (χ2v) is 12.3. The number of methoxy groups -OCH3 is 1. The summed E-state index contributed by atoms with van der Waals surface area (Å²) in [6, 6.07) is -0.971. The molecule has 0 radical (unpaired) electrons. The van der Waals surface area contributed by atoms with Crippen molar-refractivity contribution < 1.29 is 43.9 Å². The van der Waals surface area contributed by atoms with Crippen LogP contribution in [0.2, 0.25) is 0 Å². The number of carbonyl (C=O) groups is 3. The lowest BCUT2D eigenvalue weighted by molar-refractivity contribution is -0.150. The maximum absolute atomic E-state index is 12.8. The minimum absolute atomic E-state index is 0.0694. The smallest absolute Gasteiger partial charge is 0.434 e. The molecule has 1 rings (SSSR count). The van der Waals surface area contributed by atoms with Crippen LogP contribution in [0.1, 0.15) is 105 Å². The summed E-state index contributed by atoms with van der Waals surface area (Å²) >= 11 is 0. The molecule has 5 N–H and O–H groups in total. The van der Waals surface area contributed by atoms with E-state index in [2.05, 4.69) is 17.6 Å². The molecule has 0 aromatic rings. The third-order valence-electron chi connectivity index (χ3n) is 7.21. The lowest BCUT2D eigenvalue weighted by atomic mass is 9.94. The van der Waals surface area contributed by atoms with Gasteiger partial charge in [0.25, 0.3) is 5.91 Å². The zero-order valence-electron chi connectivity index (χ0n) is 26.3. The van der Waals surface area contributed by atoms with Crippen molar-refractivity contribution in [2.75, 3.05) is 20.3 Å². The predicted molar refractivity (Wildman–Crippen MR) is 160 cm³/mol. The fraction of sp³-hybridized carbons (Fsp3) is 0.839. The highest BCUT2D eigenvalue weighted by Gasteiger charge is 2.37. The molecule has 0 unspecified atom stereocenters. The first-order valence-corrected chi connectivity index (χ1v) is 15.6. The van der Waals surface area contributed by atoms with Crippen LogP contribution in [0.5, 0.6) is 0 Å². The highest BCUT2D eigenvalue weighted by Crippen LogP contribution is 2.18. The van der Waals surface area contributed by atoms with Crippen LogP contribution >= 0.6 is 0 Å². The van der Waals surface area contributed by atoms with E-state index in [0.717, 1.165) is 19.3 Å². The first kappa shape index (κ1) is 37.8. The predicted octanol–water partition coefficient (Wildman–Crippen LogP) is 3.52. The lowest BCUT2D eigenvalue weighted by Crippen LogP contribution is -2.55. The topological polar surface area (TPSA) is 164 Å². The van der Waals surface area contributed by atoms with Gasteiger partial charge in [0, 0.05) is 7.11 Å². The Kier molecular flexibility index (Phi) is 18.6. The Morgan fingerprint density at radius 2 is 1.57 bits per heavy atom. The van der Waals surface area contributed by atoms with Crippen molar-refractivity contribution in [2.24, 2.45) is 5.41 Å². The molecule has 11 nitrogen and oxygen atoms in total. The van der Waals surface area contributed by atoms with Crippen LogP contribution in [-0.4, -0.2) is 90.1 Å². The number of ether oxygens (including phenoxy) is 3. The summed E-state index contributed by atoms with van der Waals surface area (Å²) in [5.41, 5.74) is -0.262. The number of hydrogen-bond donors (Lipinski definition) is 5. The number of rotatable bonds is 19. The third-order valence-corrected chi connectivity index (χ3v) is 7.21. The van der Waals surface area contributed by atoms with Gasteiger partial charge in [0.2, 0.25) is 5.91 Å². The Balaban J connectivity index is 2.41. The fourth-order valence-corrected chi connectivity index (χ4v) is 4.61. The van der Waals surface area contributed by atoms with E-state index in [1.54, 1.807) is 6.08 Å². The quantitative estimate of drug-likeness (QED) is 0.0848. The first-order valence-electron chi connectivity index (χ1n) is 15.6. The zero-order chi connectivity index (χ0) is 31.5. The van der Waals surface area contributed by atoms with E-state index < -0.39 is 54.5 Å². The van der Waals surface area contributed by atoms with Crippen molar-refractivity contribution in [3.05, 3.63) is 12.2 Å². The number of amides is 2. The van der Waals surface area contributed by atoms with Gasteiger partial charge in [-0.3, -0.25) is 9.59 Å². The summed E-state index contributed by atoms with van der Waals surface area (Å²) in [4.78, 5) is 37.5. The van der Waals surface area contributed by atoms with Gasteiger partial charge in [-0.05, 0) is 24.7 Å². The number of hydrogen-bond acceptors (Lipinski definition) is 9. The maximum Gasteiger partial charge on any atom is 0.508 e. The van der Waals surface area contributed by atoms with Gasteiger partial charge in [0.15, 0.2) is 6.10 Å². The van der Waals surface area contributed by atoms with E-state index in [0.29, 0.717) is 0 Å². The van der Waals surface area contributed by atoms with Gasteiger partial charge < -0.3 is 40.2 Å². The van der Waals surface area contributed by atoms with Crippen LogP contribution in [0.4, 0.5) is 4.79 Å². The first-order chi connectivity index (χ1) is 19.9. The standard InChI is InChI=1S/C31H56N2O9/c1-6-7-8-9-10-11-12-13-14-15-20-41-30(39)42-22-16-17-23(28(37)32-21-22)33-29(38)27(40-5)26(36)25(35)24(34)18-19-31(2,3)4/h18-19,22-27,34-36H,6-17,20-21H2,1-5H3,(H,32,37)(H,33,38)/t22-,23+,24-,25+,26-,27-/m1/s1. The molecule has 2 amide bonds. The van der Waals surface area contributed by atoms with Gasteiger partial charge in [-0.2, -0.15) is 0 Å². The van der Waals surface area contributed by atoms with Crippen LogP contribution < -0.4 is 10.6 Å². The van der Waals surface area contributed by atoms with E-state index in [1.807, 2.05) is 20.8 Å². The van der Waals surface area contributed by atoms with Crippen molar-refractivity contribution in [2.45, 2.75) is 141 Å². The molecule has 1 aliphatic rings. The van der Waals surface area contributed by atoms with E-state index in [-0.39, 0.29) is 31.4 Å². The molecule has 42 heavy (non-hydrogen) atoms. The number of unbranched alkanes of at least 4 members (excludes halogenated alkanes) is 9. The molecule has 1 fully saturated rings. The van der Waals surface area contributed by atoms with Crippen molar-refractivity contribution in [3.63, 3.8) is 0 Å². The van der Waals surface area contributed by atoms with Crippen molar-refractivity contribution >= 4 is 18.0 Å². The molecule has 0 spiro atoms. The molecule has 0 aromatic carbocycles. The minimum Gasteiger partial charge on any atom is -0.434 e. The third kappa shape index (κ3) is 15.9. The molecule has 244 valence electrons. The minimum atomic E-state index is -1.76. The molecule has 0 aliphatic carbocycles. The Hall–Kier alpha value is -2.21. The Bertz CT molecular complexity index is 815. The van der Waals surface area contributed by atoms with Crippen LogP contribution in [-0.2, 0) is 23.8 Å². The van der Waals surface area contributed by atoms with E-state index >= 15 is 0 Å². The SMILES string of the molecule is CCCCCCCCCCCCOC(=O)O[C@@H]1CC[C@H](NC(=O)[C@H](OC)[C@H](O)[C@@H](O)[C@H](O)C=CC(C)(C)C)C(=O)NC1. The van der Waals surface area contributed by atoms with E-state index in [1.165, 1.54) is 58.1 Å². The van der Waals surface area contributed by atoms with Crippen molar-refractivity contribution in [1.29, 1.82) is 0 Å². The average molecular weight is 601 g/mol. The molecule has 0 saturated carbocycles. The Morgan fingerprint density at radius 1 is 0.976 bits per heavy atom. The Morgan fingerprint density at radius 3 is 2.14 bits per heavy atom. The fourth-order valence-electron chi connectivity index (χ4n) is 4.61. The second-order valence-electron chi connectivity index (χ2n) is 12.3. The van der Waals surface area contributed by atoms with Gasteiger partial charge in [-0.25, -0.2) is 4.79 Å². The molecular formula is C31H56N2O9. The largest absolute Gasteiger partial charge is 0.508 e. The highest BCUT2D eigenvalue weighted by atomic mass is 16.7. The van der Waals surface area contributed by atoms with Crippen LogP contribution in [0.15, 0.2) is 12.2 Å².